The summed E-state index contributed by atoms with van der Waals surface area (Å²) in [5.74, 6) is -0.105. The van der Waals surface area contributed by atoms with Crippen LogP contribution in [0.2, 0.25) is 0 Å². The molecular formula is C18H19Li2NO. The number of hydrogen-bond donors (Lipinski definition) is 0. The second kappa shape index (κ2) is 9.29. The third-order valence-corrected chi connectivity index (χ3v) is 2.92. The molecule has 0 fully saturated rings. The minimum atomic E-state index is -0.458. The Kier molecular flexibility index (Phi) is 8.91. The fourth-order valence-corrected chi connectivity index (χ4v) is 1.72. The van der Waals surface area contributed by atoms with Crippen LogP contribution in [0.25, 0.3) is 0 Å². The van der Waals surface area contributed by atoms with Crippen molar-refractivity contribution >= 4 is 30.4 Å². The van der Waals surface area contributed by atoms with Gasteiger partial charge in [-0.25, -0.2) is 0 Å². The van der Waals surface area contributed by atoms with Crippen LogP contribution in [0.15, 0.2) is 59.6 Å². The van der Waals surface area contributed by atoms with E-state index in [4.69, 9.17) is 0 Å². The van der Waals surface area contributed by atoms with Crippen LogP contribution in [0.5, 0.6) is 0 Å². The van der Waals surface area contributed by atoms with Crippen LogP contribution in [0.1, 0.15) is 31.9 Å². The Hall–Kier alpha value is -0.895. The van der Waals surface area contributed by atoms with Gasteiger partial charge in [0.25, 0.3) is 0 Å². The zero-order valence-electron chi connectivity index (χ0n) is 14.1. The quantitative estimate of drug-likeness (QED) is 0.453. The first-order valence-corrected chi connectivity index (χ1v) is 6.72. The molecule has 0 N–H and O–H groups in total. The van der Waals surface area contributed by atoms with Crippen molar-refractivity contribution in [2.24, 2.45) is 10.4 Å². The van der Waals surface area contributed by atoms with Crippen molar-refractivity contribution in [2.45, 2.75) is 20.8 Å². The van der Waals surface area contributed by atoms with Gasteiger partial charge in [0.2, 0.25) is 0 Å². The monoisotopic (exact) mass is 279 g/mol. The summed E-state index contributed by atoms with van der Waals surface area (Å²) in [5.41, 5.74) is 2.31. The minimum absolute atomic E-state index is 0. The van der Waals surface area contributed by atoms with Crippen molar-refractivity contribution in [1.82, 2.24) is 0 Å². The maximum Gasteiger partial charge on any atom is 1.00 e. The molecule has 0 aliphatic heterocycles. The molecule has 0 saturated carbocycles. The molecular weight excluding hydrogens is 260 g/mol. The average molecular weight is 279 g/mol. The number of nitrogens with zero attached hydrogens (tertiary/aromatic N) is 1. The predicted molar refractivity (Wildman–Crippen MR) is 87.7 cm³/mol. The second-order valence-electron chi connectivity index (χ2n) is 5.78. The van der Waals surface area contributed by atoms with Crippen molar-refractivity contribution < 1.29 is 24.0 Å². The van der Waals surface area contributed by atoms with Gasteiger partial charge in [-0.05, 0) is 28.5 Å². The number of benzene rings is 2. The van der Waals surface area contributed by atoms with E-state index in [9.17, 15) is 5.11 Å². The molecule has 2 rings (SSSR count). The first-order chi connectivity index (χ1) is 9.47. The van der Waals surface area contributed by atoms with Crippen LogP contribution < -0.4 is 24.0 Å². The van der Waals surface area contributed by atoms with Gasteiger partial charge in [-0.15, -0.1) is 0 Å². The number of rotatable bonds is 3. The molecule has 104 valence electrons. The molecule has 0 unspecified atom stereocenters. The van der Waals surface area contributed by atoms with Crippen LogP contribution in [-0.2, 0) is 0 Å². The molecule has 2 radical (unpaired) electrons. The van der Waals surface area contributed by atoms with Crippen molar-refractivity contribution in [3.63, 3.8) is 0 Å². The van der Waals surface area contributed by atoms with E-state index in [1.54, 1.807) is 0 Å². The third kappa shape index (κ3) is 6.08. The summed E-state index contributed by atoms with van der Waals surface area (Å²) in [6.07, 6.45) is 2.04. The van der Waals surface area contributed by atoms with Crippen molar-refractivity contribution in [3.8, 4) is 0 Å². The van der Waals surface area contributed by atoms with Gasteiger partial charge in [-0.3, -0.25) is 4.99 Å². The topological polar surface area (TPSA) is 35.4 Å². The van der Waals surface area contributed by atoms with Gasteiger partial charge in [0, 0.05) is 25.3 Å². The van der Waals surface area contributed by atoms with Crippen LogP contribution in [0.4, 0.5) is 5.69 Å². The fraction of sp³-hybridized carbons (Fsp3) is 0.222. The maximum atomic E-state index is 12.1. The van der Waals surface area contributed by atoms with E-state index in [0.29, 0.717) is 0 Å². The first-order valence-electron chi connectivity index (χ1n) is 6.72. The van der Waals surface area contributed by atoms with E-state index in [2.05, 4.69) is 4.99 Å². The largest absolute Gasteiger partial charge is 1.00 e. The maximum absolute atomic E-state index is 12.1. The summed E-state index contributed by atoms with van der Waals surface area (Å²) < 4.78 is 0. The molecule has 2 nitrogen and oxygen atoms in total. The van der Waals surface area contributed by atoms with Crippen molar-refractivity contribution in [1.29, 1.82) is 0 Å². The first kappa shape index (κ1) is 21.1. The number of hydrogen-bond acceptors (Lipinski definition) is 2. The molecule has 22 heavy (non-hydrogen) atoms. The third-order valence-electron chi connectivity index (χ3n) is 2.92. The Balaban J connectivity index is 0.00000220. The average Bonchev–Trinajstić information content (AvgIpc) is 2.41. The number of para-hydroxylation sites is 1. The van der Waals surface area contributed by atoms with E-state index in [0.717, 1.165) is 16.8 Å². The molecule has 0 atom stereocenters. The van der Waals surface area contributed by atoms with Crippen LogP contribution >= 0.6 is 0 Å². The molecule has 0 bridgehead atoms. The Morgan fingerprint density at radius 1 is 0.955 bits per heavy atom. The predicted octanol–water partition coefficient (Wildman–Crippen LogP) is 0.347. The Labute approximate surface area is 157 Å². The molecule has 2 aromatic carbocycles. The molecule has 0 aliphatic rings. The summed E-state index contributed by atoms with van der Waals surface area (Å²) in [6, 6.07) is 17.7. The summed E-state index contributed by atoms with van der Waals surface area (Å²) in [5, 5.41) is 12.1. The Morgan fingerprint density at radius 2 is 1.50 bits per heavy atom. The SMILES string of the molecule is CC(C)(C)C([O-])=Nc1ccccc1[CH]c1ccccc1.[Li+].[Li]. The van der Waals surface area contributed by atoms with E-state index in [-0.39, 0.29) is 43.6 Å². The molecule has 0 aromatic heterocycles. The summed E-state index contributed by atoms with van der Waals surface area (Å²) in [7, 11) is 0. The molecule has 2 aromatic rings. The van der Waals surface area contributed by atoms with E-state index in [1.165, 1.54) is 0 Å². The summed E-state index contributed by atoms with van der Waals surface area (Å²) in [4.78, 5) is 4.26. The van der Waals surface area contributed by atoms with Gasteiger partial charge in [-0.2, -0.15) is 0 Å². The van der Waals surface area contributed by atoms with Crippen molar-refractivity contribution in [2.75, 3.05) is 0 Å². The van der Waals surface area contributed by atoms with Gasteiger partial charge in [-0.1, -0.05) is 69.3 Å². The van der Waals surface area contributed by atoms with Crippen LogP contribution in [0, 0.1) is 11.8 Å². The molecule has 0 aliphatic carbocycles. The minimum Gasteiger partial charge on any atom is -0.861 e. The normalized spacial score (nSPS) is 11.3. The molecule has 0 amide bonds. The van der Waals surface area contributed by atoms with E-state index in [1.807, 2.05) is 81.8 Å². The van der Waals surface area contributed by atoms with E-state index >= 15 is 0 Å². The van der Waals surface area contributed by atoms with Gasteiger partial charge in [0.15, 0.2) is 0 Å². The molecule has 0 saturated heterocycles. The second-order valence-corrected chi connectivity index (χ2v) is 5.78. The summed E-state index contributed by atoms with van der Waals surface area (Å²) >= 11 is 0. The standard InChI is InChI=1S/C18H20NO.2Li/c1-18(2,3)17(20)19-16-12-8-7-11-15(16)13-14-9-5-4-6-10-14;;/h4-13H,1-3H3,(H,19,20);;/q;;+1/p-1. The zero-order chi connectivity index (χ0) is 14.6. The smallest absolute Gasteiger partial charge is 0.861 e. The number of aliphatic imine (C=N–C) groups is 1. The molecule has 0 heterocycles. The van der Waals surface area contributed by atoms with Gasteiger partial charge < -0.3 is 5.11 Å². The molecule has 4 heteroatoms. The van der Waals surface area contributed by atoms with Crippen LogP contribution in [0.3, 0.4) is 0 Å². The van der Waals surface area contributed by atoms with Gasteiger partial charge in [0.05, 0.1) is 5.69 Å². The summed E-state index contributed by atoms with van der Waals surface area (Å²) in [6.45, 7) is 5.63. The fourth-order valence-electron chi connectivity index (χ4n) is 1.72. The van der Waals surface area contributed by atoms with Gasteiger partial charge >= 0.3 is 18.9 Å². The van der Waals surface area contributed by atoms with E-state index < -0.39 is 5.41 Å². The Bertz CT molecular complexity index is 604. The zero-order valence-corrected chi connectivity index (χ0v) is 14.1. The van der Waals surface area contributed by atoms with Gasteiger partial charge in [0.1, 0.15) is 0 Å². The van der Waals surface area contributed by atoms with Crippen LogP contribution in [-0.4, -0.2) is 24.8 Å². The van der Waals surface area contributed by atoms with Crippen molar-refractivity contribution in [3.05, 3.63) is 72.1 Å². The molecule has 0 spiro atoms. The Morgan fingerprint density at radius 3 is 2.09 bits per heavy atom.